The van der Waals surface area contributed by atoms with Gasteiger partial charge in [-0.15, -0.1) is 0 Å². The SMILES string of the molecule is CCOC(=O)C1CCCN(c2cccc(/C=C/c3ccc(C)cc3)n2)C1. The molecule has 0 radical (unpaired) electrons. The molecule has 1 aromatic heterocycles. The first-order valence-electron chi connectivity index (χ1n) is 9.29. The number of ether oxygens (including phenoxy) is 1. The number of aromatic nitrogens is 1. The molecule has 0 bridgehead atoms. The van der Waals surface area contributed by atoms with E-state index in [-0.39, 0.29) is 11.9 Å². The molecular weight excluding hydrogens is 324 g/mol. The van der Waals surface area contributed by atoms with Gasteiger partial charge in [0.25, 0.3) is 0 Å². The van der Waals surface area contributed by atoms with E-state index in [1.54, 1.807) is 0 Å². The monoisotopic (exact) mass is 350 g/mol. The number of aryl methyl sites for hydroxylation is 1. The lowest BCUT2D eigenvalue weighted by Crippen LogP contribution is -2.39. The summed E-state index contributed by atoms with van der Waals surface area (Å²) in [5.74, 6) is 0.773. The molecule has 4 nitrogen and oxygen atoms in total. The van der Waals surface area contributed by atoms with E-state index in [0.717, 1.165) is 36.5 Å². The van der Waals surface area contributed by atoms with E-state index >= 15 is 0 Å². The molecule has 2 heterocycles. The summed E-state index contributed by atoms with van der Waals surface area (Å²) in [6.45, 7) is 5.97. The number of carbonyl (C=O) groups is 1. The number of anilines is 1. The van der Waals surface area contributed by atoms with Crippen molar-refractivity contribution >= 4 is 23.9 Å². The summed E-state index contributed by atoms with van der Waals surface area (Å²) in [7, 11) is 0. The van der Waals surface area contributed by atoms with Gasteiger partial charge >= 0.3 is 5.97 Å². The van der Waals surface area contributed by atoms with Gasteiger partial charge in [-0.05, 0) is 50.5 Å². The van der Waals surface area contributed by atoms with Crippen LogP contribution in [0.5, 0.6) is 0 Å². The van der Waals surface area contributed by atoms with E-state index in [0.29, 0.717) is 13.2 Å². The van der Waals surface area contributed by atoms with E-state index in [4.69, 9.17) is 9.72 Å². The van der Waals surface area contributed by atoms with Crippen LogP contribution < -0.4 is 4.90 Å². The van der Waals surface area contributed by atoms with Gasteiger partial charge in [-0.2, -0.15) is 0 Å². The van der Waals surface area contributed by atoms with E-state index < -0.39 is 0 Å². The highest BCUT2D eigenvalue weighted by molar-refractivity contribution is 5.73. The second kappa shape index (κ2) is 8.65. The van der Waals surface area contributed by atoms with Crippen LogP contribution in [-0.4, -0.2) is 30.6 Å². The number of hydrogen-bond acceptors (Lipinski definition) is 4. The molecule has 0 N–H and O–H groups in total. The van der Waals surface area contributed by atoms with Crippen LogP contribution in [0.15, 0.2) is 42.5 Å². The Hall–Kier alpha value is -2.62. The Bertz CT molecular complexity index is 768. The van der Waals surface area contributed by atoms with Crippen LogP contribution in [0.1, 0.15) is 36.6 Å². The maximum Gasteiger partial charge on any atom is 0.310 e. The van der Waals surface area contributed by atoms with Crippen LogP contribution in [0.25, 0.3) is 12.2 Å². The molecule has 1 saturated heterocycles. The summed E-state index contributed by atoms with van der Waals surface area (Å²) < 4.78 is 5.19. The lowest BCUT2D eigenvalue weighted by atomic mass is 9.98. The largest absolute Gasteiger partial charge is 0.466 e. The minimum Gasteiger partial charge on any atom is -0.466 e. The summed E-state index contributed by atoms with van der Waals surface area (Å²) >= 11 is 0. The van der Waals surface area contributed by atoms with Crippen molar-refractivity contribution in [3.05, 3.63) is 59.3 Å². The molecule has 1 atom stereocenters. The zero-order chi connectivity index (χ0) is 18.4. The zero-order valence-electron chi connectivity index (χ0n) is 15.5. The topological polar surface area (TPSA) is 42.4 Å². The Balaban J connectivity index is 1.70. The van der Waals surface area contributed by atoms with E-state index in [9.17, 15) is 4.79 Å². The highest BCUT2D eigenvalue weighted by Crippen LogP contribution is 2.23. The molecule has 0 amide bonds. The van der Waals surface area contributed by atoms with Crippen LogP contribution in [0.4, 0.5) is 5.82 Å². The molecule has 0 spiro atoms. The van der Waals surface area contributed by atoms with Gasteiger partial charge in [0, 0.05) is 13.1 Å². The van der Waals surface area contributed by atoms with Gasteiger partial charge in [0.15, 0.2) is 0 Å². The van der Waals surface area contributed by atoms with Crippen LogP contribution in [0, 0.1) is 12.8 Å². The van der Waals surface area contributed by atoms with Crippen molar-refractivity contribution < 1.29 is 9.53 Å². The molecule has 1 fully saturated rings. The van der Waals surface area contributed by atoms with Gasteiger partial charge in [0.2, 0.25) is 0 Å². The zero-order valence-corrected chi connectivity index (χ0v) is 15.5. The van der Waals surface area contributed by atoms with Crippen molar-refractivity contribution in [2.24, 2.45) is 5.92 Å². The molecule has 2 aromatic rings. The van der Waals surface area contributed by atoms with Crippen molar-refractivity contribution in [1.29, 1.82) is 0 Å². The van der Waals surface area contributed by atoms with Gasteiger partial charge in [-0.25, -0.2) is 4.98 Å². The summed E-state index contributed by atoms with van der Waals surface area (Å²) in [5, 5.41) is 0. The molecule has 0 aliphatic carbocycles. The molecular formula is C22H26N2O2. The quantitative estimate of drug-likeness (QED) is 0.752. The van der Waals surface area contributed by atoms with Crippen LogP contribution in [0.3, 0.4) is 0 Å². The number of piperidine rings is 1. The fourth-order valence-electron chi connectivity index (χ4n) is 3.21. The van der Waals surface area contributed by atoms with Gasteiger partial charge in [-0.1, -0.05) is 42.0 Å². The predicted octanol–water partition coefficient (Wildman–Crippen LogP) is 4.34. The maximum absolute atomic E-state index is 12.0. The normalized spacial score (nSPS) is 17.5. The summed E-state index contributed by atoms with van der Waals surface area (Å²) in [6.07, 6.45) is 5.97. The number of hydrogen-bond donors (Lipinski definition) is 0. The second-order valence-electron chi connectivity index (χ2n) is 6.70. The van der Waals surface area contributed by atoms with Crippen LogP contribution in [-0.2, 0) is 9.53 Å². The Labute approximate surface area is 155 Å². The van der Waals surface area contributed by atoms with Crippen molar-refractivity contribution in [3.8, 4) is 0 Å². The van der Waals surface area contributed by atoms with E-state index in [1.807, 2.05) is 31.2 Å². The fourth-order valence-corrected chi connectivity index (χ4v) is 3.21. The standard InChI is InChI=1S/C22H26N2O2/c1-3-26-22(25)19-6-5-15-24(16-19)21-8-4-7-20(23-21)14-13-18-11-9-17(2)10-12-18/h4,7-14,19H,3,5-6,15-16H2,1-2H3/b14-13+. The van der Waals surface area contributed by atoms with E-state index in [1.165, 1.54) is 5.56 Å². The number of benzene rings is 1. The van der Waals surface area contributed by atoms with Gasteiger partial charge in [0.05, 0.1) is 18.2 Å². The Morgan fingerprint density at radius 1 is 1.23 bits per heavy atom. The van der Waals surface area contributed by atoms with Gasteiger partial charge in [-0.3, -0.25) is 4.79 Å². The lowest BCUT2D eigenvalue weighted by molar-refractivity contribution is -0.148. The number of rotatable bonds is 5. The number of pyridine rings is 1. The van der Waals surface area contributed by atoms with Gasteiger partial charge in [0.1, 0.15) is 5.82 Å². The average Bonchev–Trinajstić information content (AvgIpc) is 2.68. The molecule has 26 heavy (non-hydrogen) atoms. The summed E-state index contributed by atoms with van der Waals surface area (Å²) in [6, 6.07) is 14.4. The van der Waals surface area contributed by atoms with Crippen molar-refractivity contribution in [2.45, 2.75) is 26.7 Å². The molecule has 1 aromatic carbocycles. The first kappa shape index (κ1) is 18.2. The molecule has 1 aliphatic rings. The predicted molar refractivity (Wildman–Crippen MR) is 106 cm³/mol. The van der Waals surface area contributed by atoms with Crippen molar-refractivity contribution in [1.82, 2.24) is 4.98 Å². The molecule has 4 heteroatoms. The third-order valence-corrected chi connectivity index (χ3v) is 4.65. The maximum atomic E-state index is 12.0. The first-order valence-corrected chi connectivity index (χ1v) is 9.29. The molecule has 1 aliphatic heterocycles. The average molecular weight is 350 g/mol. The van der Waals surface area contributed by atoms with Crippen LogP contribution in [0.2, 0.25) is 0 Å². The third-order valence-electron chi connectivity index (χ3n) is 4.65. The minimum atomic E-state index is -0.0902. The highest BCUT2D eigenvalue weighted by atomic mass is 16.5. The van der Waals surface area contributed by atoms with Crippen LogP contribution >= 0.6 is 0 Å². The highest BCUT2D eigenvalue weighted by Gasteiger charge is 2.27. The van der Waals surface area contributed by atoms with Crippen molar-refractivity contribution in [3.63, 3.8) is 0 Å². The fraction of sp³-hybridized carbons (Fsp3) is 0.364. The smallest absolute Gasteiger partial charge is 0.310 e. The Kier molecular flexibility index (Phi) is 6.05. The summed E-state index contributed by atoms with van der Waals surface area (Å²) in [5.41, 5.74) is 3.33. The first-order chi connectivity index (χ1) is 12.7. The second-order valence-corrected chi connectivity index (χ2v) is 6.70. The Morgan fingerprint density at radius 3 is 2.81 bits per heavy atom. The van der Waals surface area contributed by atoms with Crippen molar-refractivity contribution in [2.75, 3.05) is 24.6 Å². The van der Waals surface area contributed by atoms with Gasteiger partial charge < -0.3 is 9.64 Å². The molecule has 1 unspecified atom stereocenters. The number of carbonyl (C=O) groups excluding carboxylic acids is 1. The molecule has 0 saturated carbocycles. The molecule has 3 rings (SSSR count). The number of esters is 1. The van der Waals surface area contributed by atoms with E-state index in [2.05, 4.69) is 42.2 Å². The minimum absolute atomic E-state index is 0.0581. The Morgan fingerprint density at radius 2 is 2.04 bits per heavy atom. The third kappa shape index (κ3) is 4.72. The summed E-state index contributed by atoms with van der Waals surface area (Å²) in [4.78, 5) is 19.0. The lowest BCUT2D eigenvalue weighted by Gasteiger charge is -2.32. The molecule has 136 valence electrons. The number of nitrogens with zero attached hydrogens (tertiary/aromatic N) is 2.